The van der Waals surface area contributed by atoms with Crippen LogP contribution >= 0.6 is 11.6 Å². The van der Waals surface area contributed by atoms with E-state index in [0.717, 1.165) is 26.2 Å². The molecule has 1 aromatic rings. The van der Waals surface area contributed by atoms with Crippen molar-refractivity contribution in [1.82, 2.24) is 14.9 Å². The predicted octanol–water partition coefficient (Wildman–Crippen LogP) is 1.32. The first kappa shape index (κ1) is 12.4. The van der Waals surface area contributed by atoms with E-state index in [1.54, 1.807) is 0 Å². The molecular formula is C11H17ClN4O. The van der Waals surface area contributed by atoms with Crippen LogP contribution in [0.2, 0.25) is 5.15 Å². The number of H-pyrrole nitrogens is 1. The number of anilines is 1. The van der Waals surface area contributed by atoms with Gasteiger partial charge in [-0.2, -0.15) is 0 Å². The summed E-state index contributed by atoms with van der Waals surface area (Å²) < 4.78 is 0. The van der Waals surface area contributed by atoms with Crippen molar-refractivity contribution in [2.45, 2.75) is 19.3 Å². The highest BCUT2D eigenvalue weighted by molar-refractivity contribution is 6.29. The predicted molar refractivity (Wildman–Crippen MR) is 68.6 cm³/mol. The van der Waals surface area contributed by atoms with Crippen LogP contribution in [0.5, 0.6) is 0 Å². The van der Waals surface area contributed by atoms with E-state index in [0.29, 0.717) is 11.0 Å². The standard InChI is InChI=1S/C11H17ClN4O/c12-9-8-14-11(17)10(15-9)13-4-7-16-5-2-1-3-6-16/h8H,1-7H2,(H,13,15)(H,14,17). The van der Waals surface area contributed by atoms with Gasteiger partial charge in [0.1, 0.15) is 5.15 Å². The highest BCUT2D eigenvalue weighted by Crippen LogP contribution is 2.08. The average Bonchev–Trinajstić information content (AvgIpc) is 2.35. The van der Waals surface area contributed by atoms with E-state index in [2.05, 4.69) is 20.2 Å². The Hall–Kier alpha value is -1.07. The molecule has 94 valence electrons. The van der Waals surface area contributed by atoms with E-state index in [-0.39, 0.29) is 5.56 Å². The van der Waals surface area contributed by atoms with E-state index >= 15 is 0 Å². The Morgan fingerprint density at radius 1 is 1.41 bits per heavy atom. The molecule has 0 aromatic carbocycles. The number of hydrogen-bond donors (Lipinski definition) is 2. The number of aromatic nitrogens is 2. The lowest BCUT2D eigenvalue weighted by atomic mass is 10.1. The molecule has 1 aliphatic rings. The van der Waals surface area contributed by atoms with Gasteiger partial charge in [-0.3, -0.25) is 4.79 Å². The molecule has 6 heteroatoms. The van der Waals surface area contributed by atoms with Crippen LogP contribution in [-0.4, -0.2) is 41.0 Å². The van der Waals surface area contributed by atoms with Crippen LogP contribution in [0.1, 0.15) is 19.3 Å². The van der Waals surface area contributed by atoms with Gasteiger partial charge in [-0.1, -0.05) is 18.0 Å². The monoisotopic (exact) mass is 256 g/mol. The summed E-state index contributed by atoms with van der Waals surface area (Å²) in [7, 11) is 0. The van der Waals surface area contributed by atoms with Crippen LogP contribution in [-0.2, 0) is 0 Å². The maximum atomic E-state index is 11.4. The van der Waals surface area contributed by atoms with E-state index in [4.69, 9.17) is 11.6 Å². The van der Waals surface area contributed by atoms with Crippen molar-refractivity contribution in [1.29, 1.82) is 0 Å². The first-order chi connectivity index (χ1) is 8.25. The van der Waals surface area contributed by atoms with Crippen LogP contribution in [0.3, 0.4) is 0 Å². The second-order valence-corrected chi connectivity index (χ2v) is 4.62. The number of rotatable bonds is 4. The highest BCUT2D eigenvalue weighted by Gasteiger charge is 2.09. The Morgan fingerprint density at radius 2 is 2.18 bits per heavy atom. The molecule has 5 nitrogen and oxygen atoms in total. The van der Waals surface area contributed by atoms with E-state index in [9.17, 15) is 4.79 Å². The Morgan fingerprint density at radius 3 is 2.94 bits per heavy atom. The molecule has 0 atom stereocenters. The van der Waals surface area contributed by atoms with Crippen LogP contribution in [0.15, 0.2) is 11.0 Å². The number of halogens is 1. The molecule has 0 aliphatic carbocycles. The van der Waals surface area contributed by atoms with Crippen molar-refractivity contribution in [3.8, 4) is 0 Å². The van der Waals surface area contributed by atoms with Crippen molar-refractivity contribution in [2.24, 2.45) is 0 Å². The topological polar surface area (TPSA) is 61.0 Å². The fourth-order valence-corrected chi connectivity index (χ4v) is 2.16. The maximum absolute atomic E-state index is 11.4. The van der Waals surface area contributed by atoms with Gasteiger partial charge in [0.25, 0.3) is 5.56 Å². The maximum Gasteiger partial charge on any atom is 0.290 e. The fourth-order valence-electron chi connectivity index (χ4n) is 2.02. The normalized spacial score (nSPS) is 17.0. The Kier molecular flexibility index (Phi) is 4.39. The molecule has 0 bridgehead atoms. The lowest BCUT2D eigenvalue weighted by Gasteiger charge is -2.26. The molecule has 1 fully saturated rings. The summed E-state index contributed by atoms with van der Waals surface area (Å²) in [4.78, 5) is 20.3. The average molecular weight is 257 g/mol. The van der Waals surface area contributed by atoms with E-state index in [1.807, 2.05) is 0 Å². The van der Waals surface area contributed by atoms with Crippen LogP contribution < -0.4 is 10.9 Å². The Labute approximate surface area is 105 Å². The van der Waals surface area contributed by atoms with Crippen molar-refractivity contribution < 1.29 is 0 Å². The number of likely N-dealkylation sites (tertiary alicyclic amines) is 1. The third kappa shape index (κ3) is 3.71. The van der Waals surface area contributed by atoms with Crippen molar-refractivity contribution >= 4 is 17.4 Å². The lowest BCUT2D eigenvalue weighted by Crippen LogP contribution is -2.34. The van der Waals surface area contributed by atoms with Gasteiger partial charge in [-0.15, -0.1) is 0 Å². The van der Waals surface area contributed by atoms with Crippen LogP contribution in [0.4, 0.5) is 5.82 Å². The molecule has 2 heterocycles. The number of hydrogen-bond acceptors (Lipinski definition) is 4. The minimum absolute atomic E-state index is 0.229. The van der Waals surface area contributed by atoms with E-state index in [1.165, 1.54) is 25.5 Å². The van der Waals surface area contributed by atoms with Gasteiger partial charge in [0.05, 0.1) is 0 Å². The second kappa shape index (κ2) is 6.02. The smallest absolute Gasteiger partial charge is 0.290 e. The third-order valence-electron chi connectivity index (χ3n) is 2.93. The first-order valence-corrected chi connectivity index (χ1v) is 6.35. The van der Waals surface area contributed by atoms with Gasteiger partial charge in [-0.25, -0.2) is 4.98 Å². The summed E-state index contributed by atoms with van der Waals surface area (Å²) in [5.74, 6) is 0.300. The van der Waals surface area contributed by atoms with Gasteiger partial charge in [0.2, 0.25) is 0 Å². The summed E-state index contributed by atoms with van der Waals surface area (Å²) in [6.07, 6.45) is 5.27. The number of aromatic amines is 1. The summed E-state index contributed by atoms with van der Waals surface area (Å²) >= 11 is 5.71. The summed E-state index contributed by atoms with van der Waals surface area (Å²) in [5, 5.41) is 3.32. The number of nitrogens with one attached hydrogen (secondary N) is 2. The van der Waals surface area contributed by atoms with Gasteiger partial charge < -0.3 is 15.2 Å². The van der Waals surface area contributed by atoms with Crippen molar-refractivity contribution in [3.63, 3.8) is 0 Å². The lowest BCUT2D eigenvalue weighted by molar-refractivity contribution is 0.237. The molecule has 1 saturated heterocycles. The second-order valence-electron chi connectivity index (χ2n) is 4.23. The zero-order valence-corrected chi connectivity index (χ0v) is 10.5. The number of nitrogens with zero attached hydrogens (tertiary/aromatic N) is 2. The molecule has 0 amide bonds. The molecule has 17 heavy (non-hydrogen) atoms. The molecule has 1 aliphatic heterocycles. The minimum atomic E-state index is -0.229. The molecule has 2 rings (SSSR count). The molecule has 0 radical (unpaired) electrons. The third-order valence-corrected chi connectivity index (χ3v) is 3.12. The Bertz CT molecular complexity index is 414. The summed E-state index contributed by atoms with van der Waals surface area (Å²) in [6.45, 7) is 3.96. The highest BCUT2D eigenvalue weighted by atomic mass is 35.5. The van der Waals surface area contributed by atoms with Gasteiger partial charge in [-0.05, 0) is 25.9 Å². The summed E-state index contributed by atoms with van der Waals surface area (Å²) in [6, 6.07) is 0. The minimum Gasteiger partial charge on any atom is -0.364 e. The summed E-state index contributed by atoms with van der Waals surface area (Å²) in [5.41, 5.74) is -0.229. The molecule has 2 N–H and O–H groups in total. The largest absolute Gasteiger partial charge is 0.364 e. The first-order valence-electron chi connectivity index (χ1n) is 5.97. The van der Waals surface area contributed by atoms with Crippen LogP contribution in [0, 0.1) is 0 Å². The molecule has 0 unspecified atom stereocenters. The molecule has 0 spiro atoms. The van der Waals surface area contributed by atoms with Gasteiger partial charge in [0.15, 0.2) is 5.82 Å². The molecular weight excluding hydrogens is 240 g/mol. The van der Waals surface area contributed by atoms with Crippen molar-refractivity contribution in [2.75, 3.05) is 31.5 Å². The molecule has 0 saturated carbocycles. The zero-order chi connectivity index (χ0) is 12.1. The van der Waals surface area contributed by atoms with E-state index < -0.39 is 0 Å². The van der Waals surface area contributed by atoms with Crippen molar-refractivity contribution in [3.05, 3.63) is 21.7 Å². The Balaban J connectivity index is 1.81. The zero-order valence-electron chi connectivity index (χ0n) is 9.71. The van der Waals surface area contributed by atoms with Gasteiger partial charge >= 0.3 is 0 Å². The SMILES string of the molecule is O=c1[nH]cc(Cl)nc1NCCN1CCCCC1. The quantitative estimate of drug-likeness (QED) is 0.853. The molecule has 1 aromatic heterocycles. The fraction of sp³-hybridized carbons (Fsp3) is 0.636. The van der Waals surface area contributed by atoms with Crippen LogP contribution in [0.25, 0.3) is 0 Å². The number of piperidine rings is 1. The van der Waals surface area contributed by atoms with Gasteiger partial charge in [0, 0.05) is 19.3 Å².